The Morgan fingerprint density at radius 2 is 1.77 bits per heavy atom. The van der Waals surface area contributed by atoms with Crippen molar-refractivity contribution in [3.63, 3.8) is 0 Å². The van der Waals surface area contributed by atoms with E-state index in [1.54, 1.807) is 42.7 Å². The minimum Gasteiger partial charge on any atom is -0.424 e. The molecule has 1 amide bonds. The van der Waals surface area contributed by atoms with Crippen molar-refractivity contribution < 1.29 is 9.53 Å². The molecule has 3 heterocycles. The first kappa shape index (κ1) is 20.5. The van der Waals surface area contributed by atoms with Crippen LogP contribution >= 0.6 is 0 Å². The third-order valence-corrected chi connectivity index (χ3v) is 4.90. The molecule has 0 radical (unpaired) electrons. The third kappa shape index (κ3) is 5.06. The van der Waals surface area contributed by atoms with E-state index in [0.717, 1.165) is 18.1 Å². The quantitative estimate of drug-likeness (QED) is 0.652. The maximum absolute atomic E-state index is 12.9. The molecule has 3 aromatic rings. The van der Waals surface area contributed by atoms with E-state index >= 15 is 0 Å². The van der Waals surface area contributed by atoms with Crippen LogP contribution in [0.5, 0.6) is 11.8 Å². The van der Waals surface area contributed by atoms with Gasteiger partial charge in [0.05, 0.1) is 0 Å². The van der Waals surface area contributed by atoms with Gasteiger partial charge in [0.1, 0.15) is 11.6 Å². The number of benzene rings is 1. The van der Waals surface area contributed by atoms with Crippen LogP contribution in [-0.4, -0.2) is 63.5 Å². The molecule has 1 aliphatic rings. The van der Waals surface area contributed by atoms with Crippen molar-refractivity contribution in [1.82, 2.24) is 24.8 Å². The summed E-state index contributed by atoms with van der Waals surface area (Å²) in [6.07, 6.45) is 3.23. The Morgan fingerprint density at radius 1 is 1.06 bits per heavy atom. The molecule has 0 bridgehead atoms. The molecule has 2 aromatic heterocycles. The van der Waals surface area contributed by atoms with E-state index in [2.05, 4.69) is 30.2 Å². The number of rotatable bonds is 6. The van der Waals surface area contributed by atoms with Crippen LogP contribution in [0.15, 0.2) is 48.8 Å². The average Bonchev–Trinajstić information content (AvgIpc) is 2.80. The van der Waals surface area contributed by atoms with Crippen molar-refractivity contribution in [2.45, 2.75) is 13.8 Å². The Balaban J connectivity index is 1.36. The van der Waals surface area contributed by atoms with Gasteiger partial charge in [0.2, 0.25) is 5.95 Å². The molecule has 1 fully saturated rings. The molecule has 0 spiro atoms. The first-order valence-corrected chi connectivity index (χ1v) is 10.3. The number of nitrogens with one attached hydrogen (secondary N) is 1. The second-order valence-electron chi connectivity index (χ2n) is 7.16. The predicted octanol–water partition coefficient (Wildman–Crippen LogP) is 2.76. The normalized spacial score (nSPS) is 13.7. The molecule has 0 atom stereocenters. The number of carbonyl (C=O) groups excluding carboxylic acids is 1. The molecule has 160 valence electrons. The summed E-state index contributed by atoms with van der Waals surface area (Å²) in [6.45, 7) is 7.41. The summed E-state index contributed by atoms with van der Waals surface area (Å²) in [6, 6.07) is 11.0. The van der Waals surface area contributed by atoms with E-state index in [9.17, 15) is 4.79 Å². The smallest absolute Gasteiger partial charge is 0.321 e. The van der Waals surface area contributed by atoms with Crippen LogP contribution < -0.4 is 15.0 Å². The standard InChI is InChI=1S/C22H25N7O2/c1-3-23-19-15-16(2)26-21(27-19)29-13-11-28(12-14-29)20(30)17-5-7-18(8-6-17)31-22-24-9-4-10-25-22/h4-10,15H,3,11-14H2,1-2H3,(H,23,26,27). The number of piperazine rings is 1. The van der Waals surface area contributed by atoms with Gasteiger partial charge in [-0.05, 0) is 44.2 Å². The van der Waals surface area contributed by atoms with Gasteiger partial charge in [-0.3, -0.25) is 4.79 Å². The highest BCUT2D eigenvalue weighted by molar-refractivity contribution is 5.94. The molecular formula is C22H25N7O2. The number of ether oxygens (including phenoxy) is 1. The summed E-state index contributed by atoms with van der Waals surface area (Å²) >= 11 is 0. The number of carbonyl (C=O) groups is 1. The van der Waals surface area contributed by atoms with Crippen molar-refractivity contribution in [1.29, 1.82) is 0 Å². The number of hydrogen-bond donors (Lipinski definition) is 1. The van der Waals surface area contributed by atoms with E-state index in [1.165, 1.54) is 0 Å². The third-order valence-electron chi connectivity index (χ3n) is 4.90. The van der Waals surface area contributed by atoms with Crippen LogP contribution in [-0.2, 0) is 0 Å². The lowest BCUT2D eigenvalue weighted by Crippen LogP contribution is -2.49. The molecule has 1 aromatic carbocycles. The van der Waals surface area contributed by atoms with Gasteiger partial charge < -0.3 is 19.9 Å². The van der Waals surface area contributed by atoms with Gasteiger partial charge in [-0.2, -0.15) is 4.98 Å². The van der Waals surface area contributed by atoms with E-state index in [4.69, 9.17) is 4.74 Å². The number of aromatic nitrogens is 4. The zero-order valence-corrected chi connectivity index (χ0v) is 17.7. The second kappa shape index (κ2) is 9.38. The number of nitrogens with zero attached hydrogens (tertiary/aromatic N) is 6. The monoisotopic (exact) mass is 419 g/mol. The molecule has 0 saturated carbocycles. The Morgan fingerprint density at radius 3 is 2.45 bits per heavy atom. The highest BCUT2D eigenvalue weighted by Crippen LogP contribution is 2.20. The van der Waals surface area contributed by atoms with Crippen molar-refractivity contribution in [3.8, 4) is 11.8 Å². The largest absolute Gasteiger partial charge is 0.424 e. The van der Waals surface area contributed by atoms with Crippen LogP contribution in [0.3, 0.4) is 0 Å². The van der Waals surface area contributed by atoms with E-state index in [0.29, 0.717) is 43.4 Å². The fraction of sp³-hybridized carbons (Fsp3) is 0.318. The van der Waals surface area contributed by atoms with Gasteiger partial charge >= 0.3 is 6.01 Å². The van der Waals surface area contributed by atoms with Crippen LogP contribution in [0.25, 0.3) is 0 Å². The van der Waals surface area contributed by atoms with Gasteiger partial charge in [0, 0.05) is 62.4 Å². The summed E-state index contributed by atoms with van der Waals surface area (Å²) in [7, 11) is 0. The van der Waals surface area contributed by atoms with Gasteiger partial charge in [0.15, 0.2) is 0 Å². The molecule has 0 aliphatic carbocycles. The minimum atomic E-state index is 0.000611. The van der Waals surface area contributed by atoms with Crippen LogP contribution in [0, 0.1) is 6.92 Å². The topological polar surface area (TPSA) is 96.4 Å². The molecule has 1 N–H and O–H groups in total. The lowest BCUT2D eigenvalue weighted by molar-refractivity contribution is 0.0746. The van der Waals surface area contributed by atoms with E-state index in [-0.39, 0.29) is 11.9 Å². The molecular weight excluding hydrogens is 394 g/mol. The highest BCUT2D eigenvalue weighted by Gasteiger charge is 2.24. The fourth-order valence-corrected chi connectivity index (χ4v) is 3.37. The predicted molar refractivity (Wildman–Crippen MR) is 118 cm³/mol. The number of aryl methyl sites for hydroxylation is 1. The summed E-state index contributed by atoms with van der Waals surface area (Å²) < 4.78 is 5.59. The van der Waals surface area contributed by atoms with E-state index < -0.39 is 0 Å². The van der Waals surface area contributed by atoms with Crippen LogP contribution in [0.4, 0.5) is 11.8 Å². The van der Waals surface area contributed by atoms with Crippen molar-refractivity contribution >= 4 is 17.7 Å². The lowest BCUT2D eigenvalue weighted by Gasteiger charge is -2.35. The summed E-state index contributed by atoms with van der Waals surface area (Å²) in [5.41, 5.74) is 1.54. The zero-order valence-electron chi connectivity index (χ0n) is 17.7. The van der Waals surface area contributed by atoms with Crippen molar-refractivity contribution in [2.75, 3.05) is 42.9 Å². The summed E-state index contributed by atoms with van der Waals surface area (Å²) in [4.78, 5) is 34.1. The Kier molecular flexibility index (Phi) is 6.21. The first-order valence-electron chi connectivity index (χ1n) is 10.3. The average molecular weight is 419 g/mol. The molecule has 9 heteroatoms. The van der Waals surface area contributed by atoms with Crippen molar-refractivity contribution in [2.24, 2.45) is 0 Å². The van der Waals surface area contributed by atoms with Crippen LogP contribution in [0.1, 0.15) is 23.0 Å². The first-order chi connectivity index (χ1) is 15.1. The molecule has 31 heavy (non-hydrogen) atoms. The van der Waals surface area contributed by atoms with Gasteiger partial charge in [-0.1, -0.05) is 0 Å². The Labute approximate surface area is 181 Å². The Bertz CT molecular complexity index is 1020. The lowest BCUT2D eigenvalue weighted by atomic mass is 10.1. The van der Waals surface area contributed by atoms with Gasteiger partial charge in [-0.15, -0.1) is 0 Å². The zero-order chi connectivity index (χ0) is 21.6. The maximum atomic E-state index is 12.9. The SMILES string of the molecule is CCNc1cc(C)nc(N2CCN(C(=O)c3ccc(Oc4ncccn4)cc3)CC2)n1. The van der Waals surface area contributed by atoms with E-state index in [1.807, 2.05) is 24.8 Å². The highest BCUT2D eigenvalue weighted by atomic mass is 16.5. The summed E-state index contributed by atoms with van der Waals surface area (Å²) in [5.74, 6) is 2.11. The molecule has 1 aliphatic heterocycles. The molecule has 4 rings (SSSR count). The molecule has 0 unspecified atom stereocenters. The number of hydrogen-bond acceptors (Lipinski definition) is 8. The molecule has 1 saturated heterocycles. The van der Waals surface area contributed by atoms with Gasteiger partial charge in [0.25, 0.3) is 5.91 Å². The molecule has 9 nitrogen and oxygen atoms in total. The fourth-order valence-electron chi connectivity index (χ4n) is 3.37. The number of amides is 1. The minimum absolute atomic E-state index is 0.000611. The maximum Gasteiger partial charge on any atom is 0.321 e. The van der Waals surface area contributed by atoms with Gasteiger partial charge in [-0.25, -0.2) is 15.0 Å². The van der Waals surface area contributed by atoms with Crippen molar-refractivity contribution in [3.05, 3.63) is 60.0 Å². The van der Waals surface area contributed by atoms with Crippen LogP contribution in [0.2, 0.25) is 0 Å². The number of anilines is 2. The second-order valence-corrected chi connectivity index (χ2v) is 7.16. The summed E-state index contributed by atoms with van der Waals surface area (Å²) in [5, 5.41) is 3.24. The Hall–Kier alpha value is -3.75.